The highest BCUT2D eigenvalue weighted by atomic mass is 16.2. The number of amides is 1. The van der Waals surface area contributed by atoms with Gasteiger partial charge in [-0.15, -0.1) is 0 Å². The molecule has 5 nitrogen and oxygen atoms in total. The molecular formula is C15H16N4O. The van der Waals surface area contributed by atoms with Crippen LogP contribution in [0.2, 0.25) is 0 Å². The second-order valence-electron chi connectivity index (χ2n) is 4.73. The first-order chi connectivity index (χ1) is 9.79. The molecule has 0 saturated carbocycles. The molecule has 0 bridgehead atoms. The molecule has 0 atom stereocenters. The second-order valence-corrected chi connectivity index (χ2v) is 4.73. The number of para-hydroxylation sites is 1. The second kappa shape index (κ2) is 5.28. The van der Waals surface area contributed by atoms with Gasteiger partial charge in [0.15, 0.2) is 0 Å². The number of nitrogens with zero attached hydrogens (tertiary/aromatic N) is 4. The fourth-order valence-electron chi connectivity index (χ4n) is 2.51. The standard InChI is InChI=1S/C15H16N4O/c1-2-14(20)18-7-9-19(10-8-18)15-12-5-3-4-6-13(12)16-11-17-15/h2-6,11H,1,7-10H2. The Bertz CT molecular complexity index is 642. The number of benzene rings is 1. The lowest BCUT2D eigenvalue weighted by molar-refractivity contribution is -0.126. The van der Waals surface area contributed by atoms with Crippen molar-refractivity contribution in [2.45, 2.75) is 0 Å². The van der Waals surface area contributed by atoms with Crippen LogP contribution in [0.4, 0.5) is 5.82 Å². The van der Waals surface area contributed by atoms with Crippen LogP contribution in [0.3, 0.4) is 0 Å². The Hall–Kier alpha value is -2.43. The third kappa shape index (κ3) is 2.22. The molecule has 0 spiro atoms. The first-order valence-electron chi connectivity index (χ1n) is 6.65. The van der Waals surface area contributed by atoms with E-state index in [4.69, 9.17) is 0 Å². The number of fused-ring (bicyclic) bond motifs is 1. The van der Waals surface area contributed by atoms with E-state index in [2.05, 4.69) is 21.4 Å². The van der Waals surface area contributed by atoms with Gasteiger partial charge >= 0.3 is 0 Å². The number of rotatable bonds is 2. The zero-order chi connectivity index (χ0) is 13.9. The van der Waals surface area contributed by atoms with E-state index in [1.165, 1.54) is 6.08 Å². The van der Waals surface area contributed by atoms with E-state index in [-0.39, 0.29) is 5.91 Å². The third-order valence-corrected chi connectivity index (χ3v) is 3.59. The zero-order valence-corrected chi connectivity index (χ0v) is 11.2. The van der Waals surface area contributed by atoms with Gasteiger partial charge in [-0.05, 0) is 18.2 Å². The van der Waals surface area contributed by atoms with E-state index in [1.54, 1.807) is 6.33 Å². The molecule has 1 saturated heterocycles. The predicted molar refractivity (Wildman–Crippen MR) is 78.5 cm³/mol. The number of anilines is 1. The lowest BCUT2D eigenvalue weighted by Crippen LogP contribution is -2.48. The van der Waals surface area contributed by atoms with E-state index in [0.29, 0.717) is 13.1 Å². The van der Waals surface area contributed by atoms with Crippen LogP contribution in [0.15, 0.2) is 43.2 Å². The van der Waals surface area contributed by atoms with Gasteiger partial charge in [-0.25, -0.2) is 9.97 Å². The maximum atomic E-state index is 11.6. The molecule has 3 rings (SSSR count). The molecule has 20 heavy (non-hydrogen) atoms. The fraction of sp³-hybridized carbons (Fsp3) is 0.267. The van der Waals surface area contributed by atoms with Crippen molar-refractivity contribution in [3.63, 3.8) is 0 Å². The van der Waals surface area contributed by atoms with Crippen molar-refractivity contribution < 1.29 is 4.79 Å². The number of piperazine rings is 1. The van der Waals surface area contributed by atoms with Crippen LogP contribution in [0.1, 0.15) is 0 Å². The van der Waals surface area contributed by atoms with Gasteiger partial charge in [-0.1, -0.05) is 18.7 Å². The minimum Gasteiger partial charge on any atom is -0.352 e. The number of hydrogen-bond acceptors (Lipinski definition) is 4. The van der Waals surface area contributed by atoms with Crippen molar-refractivity contribution in [2.24, 2.45) is 0 Å². The smallest absolute Gasteiger partial charge is 0.246 e. The van der Waals surface area contributed by atoms with Gasteiger partial charge in [-0.2, -0.15) is 0 Å². The van der Waals surface area contributed by atoms with E-state index < -0.39 is 0 Å². The first kappa shape index (κ1) is 12.6. The predicted octanol–water partition coefficient (Wildman–Crippen LogP) is 1.46. The molecule has 1 amide bonds. The summed E-state index contributed by atoms with van der Waals surface area (Å²) < 4.78 is 0. The molecule has 1 fully saturated rings. The molecule has 2 heterocycles. The molecule has 1 aromatic carbocycles. The topological polar surface area (TPSA) is 49.3 Å². The molecule has 5 heteroatoms. The van der Waals surface area contributed by atoms with Gasteiger partial charge in [0.1, 0.15) is 12.1 Å². The average molecular weight is 268 g/mol. The minimum absolute atomic E-state index is 0.00260. The summed E-state index contributed by atoms with van der Waals surface area (Å²) in [5.74, 6) is 0.943. The Labute approximate surface area is 117 Å². The van der Waals surface area contributed by atoms with Gasteiger partial charge in [0, 0.05) is 31.6 Å². The number of carbonyl (C=O) groups is 1. The lowest BCUT2D eigenvalue weighted by atomic mass is 10.2. The number of hydrogen-bond donors (Lipinski definition) is 0. The summed E-state index contributed by atoms with van der Waals surface area (Å²) in [6.07, 6.45) is 2.97. The first-order valence-corrected chi connectivity index (χ1v) is 6.65. The molecule has 2 aromatic rings. The number of aromatic nitrogens is 2. The molecule has 1 aromatic heterocycles. The normalized spacial score (nSPS) is 15.4. The SMILES string of the molecule is C=CC(=O)N1CCN(c2ncnc3ccccc23)CC1. The highest BCUT2D eigenvalue weighted by Gasteiger charge is 2.21. The largest absolute Gasteiger partial charge is 0.352 e. The van der Waals surface area contributed by atoms with E-state index >= 15 is 0 Å². The van der Waals surface area contributed by atoms with Crippen molar-refractivity contribution >= 4 is 22.6 Å². The molecule has 0 N–H and O–H groups in total. The summed E-state index contributed by atoms with van der Waals surface area (Å²) in [5.41, 5.74) is 0.946. The third-order valence-electron chi connectivity index (χ3n) is 3.59. The minimum atomic E-state index is -0.00260. The lowest BCUT2D eigenvalue weighted by Gasteiger charge is -2.35. The van der Waals surface area contributed by atoms with Crippen molar-refractivity contribution in [1.82, 2.24) is 14.9 Å². The highest BCUT2D eigenvalue weighted by molar-refractivity contribution is 5.90. The van der Waals surface area contributed by atoms with Crippen LogP contribution in [0.25, 0.3) is 10.9 Å². The maximum absolute atomic E-state index is 11.6. The van der Waals surface area contributed by atoms with Crippen LogP contribution in [0.5, 0.6) is 0 Å². The Balaban J connectivity index is 1.83. The maximum Gasteiger partial charge on any atom is 0.246 e. The van der Waals surface area contributed by atoms with Crippen LogP contribution in [-0.2, 0) is 4.79 Å². The van der Waals surface area contributed by atoms with Gasteiger partial charge in [0.05, 0.1) is 5.52 Å². The highest BCUT2D eigenvalue weighted by Crippen LogP contribution is 2.23. The van der Waals surface area contributed by atoms with Gasteiger partial charge < -0.3 is 9.80 Å². The van der Waals surface area contributed by atoms with E-state index in [0.717, 1.165) is 29.8 Å². The summed E-state index contributed by atoms with van der Waals surface area (Å²) >= 11 is 0. The number of carbonyl (C=O) groups excluding carboxylic acids is 1. The molecule has 1 aliphatic rings. The van der Waals surface area contributed by atoms with Crippen LogP contribution in [0, 0.1) is 0 Å². The van der Waals surface area contributed by atoms with Gasteiger partial charge in [0.2, 0.25) is 5.91 Å². The van der Waals surface area contributed by atoms with Gasteiger partial charge in [-0.3, -0.25) is 4.79 Å². The fourth-order valence-corrected chi connectivity index (χ4v) is 2.51. The molecule has 0 unspecified atom stereocenters. The monoisotopic (exact) mass is 268 g/mol. The summed E-state index contributed by atoms with van der Waals surface area (Å²) in [5, 5.41) is 1.05. The summed E-state index contributed by atoms with van der Waals surface area (Å²) in [4.78, 5) is 24.3. The van der Waals surface area contributed by atoms with Crippen LogP contribution >= 0.6 is 0 Å². The summed E-state index contributed by atoms with van der Waals surface area (Å²) in [7, 11) is 0. The van der Waals surface area contributed by atoms with Crippen LogP contribution in [-0.4, -0.2) is 47.0 Å². The summed E-state index contributed by atoms with van der Waals surface area (Å²) in [6, 6.07) is 7.98. The Morgan fingerprint density at radius 2 is 1.90 bits per heavy atom. The average Bonchev–Trinajstić information content (AvgIpc) is 2.54. The van der Waals surface area contributed by atoms with Crippen LogP contribution < -0.4 is 4.90 Å². The molecule has 0 aliphatic carbocycles. The molecular weight excluding hydrogens is 252 g/mol. The van der Waals surface area contributed by atoms with Crippen molar-refractivity contribution in [2.75, 3.05) is 31.1 Å². The van der Waals surface area contributed by atoms with E-state index in [9.17, 15) is 4.79 Å². The molecule has 0 radical (unpaired) electrons. The Kier molecular flexibility index (Phi) is 3.33. The zero-order valence-electron chi connectivity index (χ0n) is 11.2. The quantitative estimate of drug-likeness (QED) is 0.774. The van der Waals surface area contributed by atoms with Crippen molar-refractivity contribution in [1.29, 1.82) is 0 Å². The van der Waals surface area contributed by atoms with Gasteiger partial charge in [0.25, 0.3) is 0 Å². The Morgan fingerprint density at radius 1 is 1.15 bits per heavy atom. The van der Waals surface area contributed by atoms with Crippen molar-refractivity contribution in [3.05, 3.63) is 43.2 Å². The van der Waals surface area contributed by atoms with Crippen molar-refractivity contribution in [3.8, 4) is 0 Å². The van der Waals surface area contributed by atoms with E-state index in [1.807, 2.05) is 29.2 Å². The molecule has 102 valence electrons. The molecule has 1 aliphatic heterocycles. The Morgan fingerprint density at radius 3 is 2.65 bits per heavy atom. The summed E-state index contributed by atoms with van der Waals surface area (Å²) in [6.45, 7) is 6.48.